The highest BCUT2D eigenvalue weighted by molar-refractivity contribution is 7.13. The van der Waals surface area contributed by atoms with Crippen molar-refractivity contribution in [2.75, 3.05) is 34.4 Å². The minimum atomic E-state index is -0.838. The molecule has 5 rings (SSSR count). The van der Waals surface area contributed by atoms with E-state index < -0.39 is 18.1 Å². The second-order valence-electron chi connectivity index (χ2n) is 11.0. The number of nitrogens with one attached hydrogen (secondary N) is 1. The summed E-state index contributed by atoms with van der Waals surface area (Å²) in [6.07, 6.45) is 2.64. The van der Waals surface area contributed by atoms with Gasteiger partial charge in [-0.3, -0.25) is 10.2 Å². The van der Waals surface area contributed by atoms with Gasteiger partial charge in [0.05, 0.1) is 14.2 Å². The summed E-state index contributed by atoms with van der Waals surface area (Å²) in [5, 5.41) is 15.4. The first-order valence-electron chi connectivity index (χ1n) is 14.9. The Morgan fingerprint density at radius 1 is 1.02 bits per heavy atom. The molecule has 0 aliphatic carbocycles. The lowest BCUT2D eigenvalue weighted by molar-refractivity contribution is -0.605. The third-order valence-electron chi connectivity index (χ3n) is 8.04. The highest BCUT2D eigenvalue weighted by Gasteiger charge is 2.29. The number of methoxy groups -OCH3 is 2. The Bertz CT molecular complexity index is 1680. The third kappa shape index (κ3) is 8.54. The predicted molar refractivity (Wildman–Crippen MR) is 179 cm³/mol. The molecule has 3 atom stereocenters. The van der Waals surface area contributed by atoms with Gasteiger partial charge in [0.15, 0.2) is 23.9 Å². The molecule has 1 aliphatic rings. The largest absolute Gasteiger partial charge is 0.619 e. The number of halogens is 2. The first-order valence-corrected chi connectivity index (χ1v) is 16.5. The number of likely N-dealkylation sites (N-methyl/N-ethyl adjacent to an activating group) is 1. The van der Waals surface area contributed by atoms with Crippen molar-refractivity contribution in [2.24, 2.45) is 0 Å². The molecule has 1 N–H and O–H groups in total. The zero-order valence-electron chi connectivity index (χ0n) is 26.1. The Kier molecular flexibility index (Phi) is 11.6. The average molecular weight is 701 g/mol. The molecule has 1 fully saturated rings. The van der Waals surface area contributed by atoms with E-state index in [4.69, 9.17) is 42.1 Å². The van der Waals surface area contributed by atoms with E-state index in [9.17, 15) is 14.8 Å². The van der Waals surface area contributed by atoms with Gasteiger partial charge in [0.1, 0.15) is 33.7 Å². The highest BCUT2D eigenvalue weighted by Crippen LogP contribution is 2.36. The van der Waals surface area contributed by atoms with Crippen molar-refractivity contribution in [3.8, 4) is 11.5 Å². The molecule has 10 nitrogen and oxygen atoms in total. The van der Waals surface area contributed by atoms with E-state index in [1.54, 1.807) is 24.3 Å². The monoisotopic (exact) mass is 699 g/mol. The Balaban J connectivity index is 1.31. The molecule has 3 heterocycles. The van der Waals surface area contributed by atoms with Crippen LogP contribution in [0.1, 0.15) is 49.8 Å². The van der Waals surface area contributed by atoms with Crippen molar-refractivity contribution >= 4 is 46.5 Å². The fourth-order valence-electron chi connectivity index (χ4n) is 5.19. The van der Waals surface area contributed by atoms with E-state index in [0.29, 0.717) is 45.4 Å². The molecule has 1 aliphatic heterocycles. The predicted octanol–water partition coefficient (Wildman–Crippen LogP) is 5.92. The van der Waals surface area contributed by atoms with Crippen LogP contribution >= 0.6 is 34.5 Å². The number of nitrogens with zero attached hydrogens (tertiary/aromatic N) is 2. The number of hydrogen-bond acceptors (Lipinski definition) is 10. The fraction of sp³-hybridized carbons (Fsp3) is 0.324. The van der Waals surface area contributed by atoms with Gasteiger partial charge in [-0.05, 0) is 55.4 Å². The summed E-state index contributed by atoms with van der Waals surface area (Å²) < 4.78 is 23.1. The van der Waals surface area contributed by atoms with Crippen molar-refractivity contribution in [1.29, 1.82) is 0 Å². The number of rotatable bonds is 14. The highest BCUT2D eigenvalue weighted by atomic mass is 35.5. The minimum absolute atomic E-state index is 0.0943. The molecule has 2 aromatic heterocycles. The molecule has 0 bridgehead atoms. The number of carbonyl (C=O) groups is 2. The van der Waals surface area contributed by atoms with Crippen LogP contribution in [0.3, 0.4) is 0 Å². The van der Waals surface area contributed by atoms with Gasteiger partial charge < -0.3 is 24.2 Å². The number of carbonyl (C=O) groups excluding carboxylic acids is 2. The van der Waals surface area contributed by atoms with Crippen molar-refractivity contribution in [3.63, 3.8) is 0 Å². The van der Waals surface area contributed by atoms with Crippen LogP contribution in [0.4, 0.5) is 0 Å². The zero-order chi connectivity index (χ0) is 33.5. The molecule has 0 amide bonds. The topological polar surface area (TPSA) is 113 Å². The van der Waals surface area contributed by atoms with Gasteiger partial charge >= 0.3 is 11.9 Å². The molecule has 13 heteroatoms. The maximum atomic E-state index is 13.5. The number of likely N-dealkylation sites (tertiary alicyclic amines) is 1. The number of esters is 2. The summed E-state index contributed by atoms with van der Waals surface area (Å²) >= 11 is 14.0. The number of ether oxygens (including phenoxy) is 4. The normalized spacial score (nSPS) is 15.7. The summed E-state index contributed by atoms with van der Waals surface area (Å²) in [6, 6.07) is 17.6. The molecular formula is C34H35Cl2N3O7S. The van der Waals surface area contributed by atoms with E-state index in [0.717, 1.165) is 23.4 Å². The molecule has 2 aromatic carbocycles. The second-order valence-corrected chi connectivity index (χ2v) is 13.0. The Hall–Kier alpha value is -3.87. The van der Waals surface area contributed by atoms with Crippen molar-refractivity contribution in [2.45, 2.75) is 37.6 Å². The fourth-order valence-corrected chi connectivity index (χ4v) is 6.63. The first kappa shape index (κ1) is 34.5. The summed E-state index contributed by atoms with van der Waals surface area (Å²) in [4.78, 5) is 30.0. The van der Waals surface area contributed by atoms with Crippen LogP contribution in [0.25, 0.3) is 0 Å². The van der Waals surface area contributed by atoms with E-state index in [1.807, 2.05) is 43.4 Å². The van der Waals surface area contributed by atoms with Crippen molar-refractivity contribution < 1.29 is 33.3 Å². The Labute approximate surface area is 287 Å². The molecule has 0 spiro atoms. The smallest absolute Gasteiger partial charge is 0.348 e. The van der Waals surface area contributed by atoms with E-state index in [-0.39, 0.29) is 28.5 Å². The van der Waals surface area contributed by atoms with Gasteiger partial charge in [0.2, 0.25) is 0 Å². The molecular weight excluding hydrogens is 665 g/mol. The van der Waals surface area contributed by atoms with Crippen LogP contribution in [0.15, 0.2) is 73.1 Å². The SMILES string of the molecule is COc1ccc(C(Cc2c(Cl)c[n+]([O-])cc2Cl)OC(=O)c2ccc(CNC(C(=O)OC[C@@H]3CCN3C)c3ccccc3)s2)cc1OC. The summed E-state index contributed by atoms with van der Waals surface area (Å²) in [7, 11) is 5.05. The van der Waals surface area contributed by atoms with Crippen molar-refractivity contribution in [3.05, 3.63) is 115 Å². The van der Waals surface area contributed by atoms with Crippen LogP contribution in [-0.2, 0) is 27.2 Å². The molecule has 47 heavy (non-hydrogen) atoms. The summed E-state index contributed by atoms with van der Waals surface area (Å²) in [5.41, 5.74) is 1.85. The summed E-state index contributed by atoms with van der Waals surface area (Å²) in [6.45, 7) is 1.66. The standard InChI is InChI=1S/C34H35Cl2N3O7S/c1-38-14-13-23(38)20-45-34(41)32(21-7-5-4-6-8-21)37-17-24-10-12-31(47-24)33(40)46-29(16-25-26(35)18-39(42)19-27(25)36)22-9-11-28(43-2)30(15-22)44-3/h4-12,15,18-19,23,29,32,37H,13-14,16-17,20H2,1-3H3/t23-,29?,32?/m0/s1. The van der Waals surface area contributed by atoms with Gasteiger partial charge in [-0.1, -0.05) is 59.6 Å². The molecule has 2 unspecified atom stereocenters. The van der Waals surface area contributed by atoms with Crippen LogP contribution < -0.4 is 19.5 Å². The average Bonchev–Trinajstić information content (AvgIpc) is 3.54. The van der Waals surface area contributed by atoms with Gasteiger partial charge in [-0.15, -0.1) is 11.3 Å². The molecule has 0 saturated carbocycles. The van der Waals surface area contributed by atoms with Crippen LogP contribution in [0.2, 0.25) is 10.0 Å². The minimum Gasteiger partial charge on any atom is -0.619 e. The zero-order valence-corrected chi connectivity index (χ0v) is 28.4. The maximum Gasteiger partial charge on any atom is 0.348 e. The van der Waals surface area contributed by atoms with Gasteiger partial charge in [0.25, 0.3) is 0 Å². The Morgan fingerprint density at radius 2 is 1.74 bits per heavy atom. The number of thiophene rings is 1. The van der Waals surface area contributed by atoms with Crippen LogP contribution in [-0.4, -0.2) is 57.3 Å². The Morgan fingerprint density at radius 3 is 2.38 bits per heavy atom. The number of hydrogen-bond donors (Lipinski definition) is 1. The lowest BCUT2D eigenvalue weighted by Crippen LogP contribution is -2.48. The first-order chi connectivity index (χ1) is 22.7. The lowest BCUT2D eigenvalue weighted by atomic mass is 10.0. The number of aromatic nitrogens is 1. The second kappa shape index (κ2) is 15.8. The molecule has 1 saturated heterocycles. The van der Waals surface area contributed by atoms with Gasteiger partial charge in [-0.25, -0.2) is 9.59 Å². The van der Waals surface area contributed by atoms with Gasteiger partial charge in [-0.2, -0.15) is 4.73 Å². The van der Waals surface area contributed by atoms with E-state index in [2.05, 4.69) is 10.2 Å². The lowest BCUT2D eigenvalue weighted by Gasteiger charge is -2.37. The quantitative estimate of drug-likeness (QED) is 0.0973. The van der Waals surface area contributed by atoms with Gasteiger partial charge in [0, 0.05) is 29.4 Å². The van der Waals surface area contributed by atoms with E-state index in [1.165, 1.54) is 38.0 Å². The van der Waals surface area contributed by atoms with Crippen LogP contribution in [0, 0.1) is 5.21 Å². The van der Waals surface area contributed by atoms with E-state index >= 15 is 0 Å². The molecule has 248 valence electrons. The molecule has 4 aromatic rings. The number of pyridine rings is 1. The van der Waals surface area contributed by atoms with Crippen molar-refractivity contribution in [1.82, 2.24) is 10.2 Å². The summed E-state index contributed by atoms with van der Waals surface area (Å²) in [5.74, 6) is 0.0373. The van der Waals surface area contributed by atoms with Crippen LogP contribution in [0.5, 0.6) is 11.5 Å². The maximum absolute atomic E-state index is 13.5. The third-order valence-corrected chi connectivity index (χ3v) is 9.76. The molecule has 0 radical (unpaired) electrons. The number of benzene rings is 2.